The van der Waals surface area contributed by atoms with Gasteiger partial charge in [0, 0.05) is 11.8 Å². The third-order valence-electron chi connectivity index (χ3n) is 6.91. The fraction of sp³-hybridized carbons (Fsp3) is 0.882. The van der Waals surface area contributed by atoms with Gasteiger partial charge in [-0.25, -0.2) is 0 Å². The Balaban J connectivity index is 1.33. The molecule has 116 valence electrons. The number of esters is 1. The van der Waals surface area contributed by atoms with Crippen molar-refractivity contribution in [2.45, 2.75) is 52.6 Å². The van der Waals surface area contributed by atoms with Crippen LogP contribution in [0.1, 0.15) is 46.5 Å². The fourth-order valence-electron chi connectivity index (χ4n) is 5.16. The van der Waals surface area contributed by atoms with Gasteiger partial charge in [0.1, 0.15) is 5.78 Å². The van der Waals surface area contributed by atoms with Crippen LogP contribution in [0.4, 0.5) is 0 Å². The highest BCUT2D eigenvalue weighted by molar-refractivity contribution is 5.88. The molecule has 0 heterocycles. The quantitative estimate of drug-likeness (QED) is 0.590. The second-order valence-electron chi connectivity index (χ2n) is 8.43. The smallest absolute Gasteiger partial charge is 0.314 e. The number of hydrogen-bond donors (Lipinski definition) is 0. The Labute approximate surface area is 125 Å². The topological polar surface area (TPSA) is 52.6 Å². The highest BCUT2D eigenvalue weighted by atomic mass is 16.7. The third-order valence-corrected chi connectivity index (χ3v) is 6.91. The van der Waals surface area contributed by atoms with Crippen LogP contribution in [0, 0.1) is 34.5 Å². The minimum Gasteiger partial charge on any atom is -0.438 e. The van der Waals surface area contributed by atoms with E-state index >= 15 is 0 Å². The van der Waals surface area contributed by atoms with Crippen molar-refractivity contribution in [3.8, 4) is 0 Å². The molecule has 0 aromatic carbocycles. The lowest BCUT2D eigenvalue weighted by atomic mass is 9.80. The lowest BCUT2D eigenvalue weighted by molar-refractivity contribution is -0.173. The first-order valence-electron chi connectivity index (χ1n) is 8.16. The van der Waals surface area contributed by atoms with Gasteiger partial charge in [0.05, 0.1) is 11.5 Å². The molecular formula is C17H24O4. The van der Waals surface area contributed by atoms with Crippen molar-refractivity contribution >= 4 is 11.8 Å². The van der Waals surface area contributed by atoms with E-state index in [1.807, 2.05) is 6.92 Å². The first-order valence-corrected chi connectivity index (χ1v) is 8.16. The number of carbonyl (C=O) groups is 2. The summed E-state index contributed by atoms with van der Waals surface area (Å²) in [5.41, 5.74) is -0.329. The fourth-order valence-corrected chi connectivity index (χ4v) is 5.16. The number of Topliss-reactive ketones (excluding diaryl/α,β-unsaturated/α-hetero) is 1. The summed E-state index contributed by atoms with van der Waals surface area (Å²) in [5, 5.41) is 0. The molecule has 0 aliphatic heterocycles. The van der Waals surface area contributed by atoms with Crippen LogP contribution in [0.3, 0.4) is 0 Å². The lowest BCUT2D eigenvalue weighted by Gasteiger charge is -2.30. The van der Waals surface area contributed by atoms with Crippen molar-refractivity contribution < 1.29 is 19.1 Å². The average molecular weight is 292 g/mol. The van der Waals surface area contributed by atoms with E-state index in [4.69, 9.17) is 9.47 Å². The third kappa shape index (κ3) is 1.77. The average Bonchev–Trinajstić information content (AvgIpc) is 2.72. The molecule has 5 rings (SSSR count). The van der Waals surface area contributed by atoms with Crippen LogP contribution in [0.5, 0.6) is 0 Å². The molecule has 4 bridgehead atoms. The first-order chi connectivity index (χ1) is 9.83. The van der Waals surface area contributed by atoms with Crippen LogP contribution in [0.15, 0.2) is 0 Å². The van der Waals surface area contributed by atoms with Gasteiger partial charge in [-0.1, -0.05) is 13.8 Å². The molecule has 5 saturated carbocycles. The summed E-state index contributed by atoms with van der Waals surface area (Å²) in [6.07, 6.45) is 4.03. The van der Waals surface area contributed by atoms with Crippen molar-refractivity contribution in [3.63, 3.8) is 0 Å². The molecule has 0 aromatic rings. The summed E-state index contributed by atoms with van der Waals surface area (Å²) in [6.45, 7) is 6.13. The maximum absolute atomic E-state index is 12.2. The lowest BCUT2D eigenvalue weighted by Crippen LogP contribution is -2.34. The second-order valence-corrected chi connectivity index (χ2v) is 8.43. The van der Waals surface area contributed by atoms with Gasteiger partial charge in [-0.2, -0.15) is 0 Å². The van der Waals surface area contributed by atoms with Gasteiger partial charge in [0.15, 0.2) is 6.79 Å². The van der Waals surface area contributed by atoms with Gasteiger partial charge in [0.25, 0.3) is 0 Å². The van der Waals surface area contributed by atoms with Gasteiger partial charge < -0.3 is 9.47 Å². The Morgan fingerprint density at radius 3 is 2.48 bits per heavy atom. The summed E-state index contributed by atoms with van der Waals surface area (Å²) in [6, 6.07) is 0. The molecule has 0 radical (unpaired) electrons. The molecule has 21 heavy (non-hydrogen) atoms. The van der Waals surface area contributed by atoms with Crippen molar-refractivity contribution in [2.75, 3.05) is 6.79 Å². The number of ether oxygens (including phenoxy) is 2. The van der Waals surface area contributed by atoms with Gasteiger partial charge in [-0.05, 0) is 49.9 Å². The molecule has 5 fully saturated rings. The number of hydrogen-bond acceptors (Lipinski definition) is 4. The van der Waals surface area contributed by atoms with E-state index in [2.05, 4.69) is 13.8 Å². The van der Waals surface area contributed by atoms with Crippen molar-refractivity contribution in [3.05, 3.63) is 0 Å². The molecule has 5 aliphatic rings. The SMILES string of the molecule is CC1(C)CC1(C)C(=O)OCOC1C2CC3CC(C2=O)C1C3. The summed E-state index contributed by atoms with van der Waals surface area (Å²) >= 11 is 0. The van der Waals surface area contributed by atoms with Crippen molar-refractivity contribution in [1.29, 1.82) is 0 Å². The molecule has 0 saturated heterocycles. The standard InChI is InChI=1S/C17H24O4/c1-16(2)7-17(16,3)15(19)21-8-20-14-11-5-9-4-10(11)13(18)12(14)6-9/h9-12,14H,4-8H2,1-3H3. The maximum Gasteiger partial charge on any atom is 0.314 e. The van der Waals surface area contributed by atoms with Crippen LogP contribution in [0.2, 0.25) is 0 Å². The zero-order valence-corrected chi connectivity index (χ0v) is 13.1. The van der Waals surface area contributed by atoms with E-state index in [0.29, 0.717) is 11.7 Å². The van der Waals surface area contributed by atoms with Crippen LogP contribution in [0.25, 0.3) is 0 Å². The summed E-state index contributed by atoms with van der Waals surface area (Å²) in [7, 11) is 0. The predicted octanol–water partition coefficient (Wildman–Crippen LogP) is 2.55. The van der Waals surface area contributed by atoms with E-state index in [-0.39, 0.29) is 41.5 Å². The predicted molar refractivity (Wildman–Crippen MR) is 75.2 cm³/mol. The Bertz CT molecular complexity index is 511. The Kier molecular flexibility index (Phi) is 2.68. The Morgan fingerprint density at radius 2 is 1.86 bits per heavy atom. The largest absolute Gasteiger partial charge is 0.438 e. The van der Waals surface area contributed by atoms with Crippen molar-refractivity contribution in [1.82, 2.24) is 0 Å². The van der Waals surface area contributed by atoms with E-state index in [1.165, 1.54) is 0 Å². The molecule has 0 N–H and O–H groups in total. The highest BCUT2D eigenvalue weighted by Crippen LogP contribution is 2.63. The molecule has 6 atom stereocenters. The molecule has 4 heteroatoms. The number of carbonyl (C=O) groups excluding carboxylic acids is 2. The van der Waals surface area contributed by atoms with Crippen LogP contribution >= 0.6 is 0 Å². The van der Waals surface area contributed by atoms with E-state index in [1.54, 1.807) is 0 Å². The van der Waals surface area contributed by atoms with Crippen LogP contribution in [-0.2, 0) is 19.1 Å². The molecule has 5 aliphatic carbocycles. The van der Waals surface area contributed by atoms with E-state index in [0.717, 1.165) is 31.6 Å². The normalized spacial score (nSPS) is 48.7. The monoisotopic (exact) mass is 292 g/mol. The minimum atomic E-state index is -0.362. The maximum atomic E-state index is 12.2. The highest BCUT2D eigenvalue weighted by Gasteiger charge is 2.64. The van der Waals surface area contributed by atoms with Crippen molar-refractivity contribution in [2.24, 2.45) is 34.5 Å². The van der Waals surface area contributed by atoms with Crippen LogP contribution in [-0.4, -0.2) is 24.6 Å². The summed E-state index contributed by atoms with van der Waals surface area (Å²) < 4.78 is 11.2. The molecular weight excluding hydrogens is 268 g/mol. The van der Waals surface area contributed by atoms with Gasteiger partial charge >= 0.3 is 5.97 Å². The molecule has 6 unspecified atom stereocenters. The minimum absolute atomic E-state index is 0.00549. The Hall–Kier alpha value is -0.900. The number of rotatable bonds is 4. The zero-order chi connectivity index (χ0) is 15.0. The van der Waals surface area contributed by atoms with E-state index in [9.17, 15) is 9.59 Å². The molecule has 0 aromatic heterocycles. The van der Waals surface area contributed by atoms with E-state index < -0.39 is 0 Å². The molecule has 0 spiro atoms. The van der Waals surface area contributed by atoms with Gasteiger partial charge in [0.2, 0.25) is 0 Å². The molecule has 0 amide bonds. The molecule has 4 nitrogen and oxygen atoms in total. The second kappa shape index (κ2) is 4.09. The summed E-state index contributed by atoms with van der Waals surface area (Å²) in [4.78, 5) is 24.3. The summed E-state index contributed by atoms with van der Waals surface area (Å²) in [5.74, 6) is 1.66. The van der Waals surface area contributed by atoms with Gasteiger partial charge in [-0.15, -0.1) is 0 Å². The Morgan fingerprint density at radius 1 is 1.19 bits per heavy atom. The zero-order valence-electron chi connectivity index (χ0n) is 13.1. The number of ketones is 1. The van der Waals surface area contributed by atoms with Crippen LogP contribution < -0.4 is 0 Å². The van der Waals surface area contributed by atoms with Gasteiger partial charge in [-0.3, -0.25) is 9.59 Å². The first kappa shape index (κ1) is 13.7.